The van der Waals surface area contributed by atoms with Gasteiger partial charge < -0.3 is 15.6 Å². The third-order valence-electron chi connectivity index (χ3n) is 3.41. The topological polar surface area (TPSA) is 94.0 Å². The normalized spacial score (nSPS) is 13.5. The summed E-state index contributed by atoms with van der Waals surface area (Å²) >= 11 is 0. The first-order chi connectivity index (χ1) is 9.10. The quantitative estimate of drug-likeness (QED) is 0.846. The summed E-state index contributed by atoms with van der Waals surface area (Å²) in [6.45, 7) is 4.19. The van der Waals surface area contributed by atoms with Gasteiger partial charge in [0.05, 0.1) is 18.7 Å². The van der Waals surface area contributed by atoms with Gasteiger partial charge in [-0.15, -0.1) is 0 Å². The van der Waals surface area contributed by atoms with Crippen molar-refractivity contribution in [2.24, 2.45) is 5.73 Å². The van der Waals surface area contributed by atoms with Crippen molar-refractivity contribution in [3.63, 3.8) is 0 Å². The molecule has 0 saturated heterocycles. The van der Waals surface area contributed by atoms with Crippen LogP contribution in [0.25, 0.3) is 11.4 Å². The Morgan fingerprint density at radius 1 is 1.47 bits per heavy atom. The second kappa shape index (κ2) is 4.17. The van der Waals surface area contributed by atoms with Crippen LogP contribution in [0.15, 0.2) is 10.6 Å². The monoisotopic (exact) mass is 258 g/mol. The maximum atomic E-state index is 11.6. The summed E-state index contributed by atoms with van der Waals surface area (Å²) < 4.78 is 5.05. The number of fused-ring (bicyclic) bond motifs is 1. The SMILES string of the molecule is Cc1cc2c(c(-c3noc(CN)n3)c1C)NC(=O)C2. The molecule has 1 aromatic carbocycles. The fourth-order valence-electron chi connectivity index (χ4n) is 2.34. The Labute approximate surface area is 110 Å². The van der Waals surface area contributed by atoms with E-state index in [1.165, 1.54) is 0 Å². The first-order valence-corrected chi connectivity index (χ1v) is 6.06. The molecule has 0 fully saturated rings. The van der Waals surface area contributed by atoms with Crippen molar-refractivity contribution in [3.05, 3.63) is 28.6 Å². The average Bonchev–Trinajstić information content (AvgIpc) is 2.96. The number of amides is 1. The summed E-state index contributed by atoms with van der Waals surface area (Å²) in [6.07, 6.45) is 0.394. The maximum Gasteiger partial charge on any atom is 0.240 e. The van der Waals surface area contributed by atoms with Crippen molar-refractivity contribution in [2.75, 3.05) is 5.32 Å². The van der Waals surface area contributed by atoms with Crippen LogP contribution in [-0.2, 0) is 17.8 Å². The van der Waals surface area contributed by atoms with E-state index in [0.29, 0.717) is 18.1 Å². The number of hydrogen-bond acceptors (Lipinski definition) is 5. The van der Waals surface area contributed by atoms with E-state index < -0.39 is 0 Å². The third kappa shape index (κ3) is 1.80. The Bertz CT molecular complexity index is 676. The van der Waals surface area contributed by atoms with E-state index in [1.807, 2.05) is 19.9 Å². The van der Waals surface area contributed by atoms with Gasteiger partial charge in [-0.05, 0) is 30.5 Å². The van der Waals surface area contributed by atoms with E-state index in [4.69, 9.17) is 10.3 Å². The minimum Gasteiger partial charge on any atom is -0.338 e. The van der Waals surface area contributed by atoms with Gasteiger partial charge in [0.2, 0.25) is 17.6 Å². The number of hydrogen-bond donors (Lipinski definition) is 2. The molecule has 2 aromatic rings. The van der Waals surface area contributed by atoms with Gasteiger partial charge in [-0.3, -0.25) is 4.79 Å². The van der Waals surface area contributed by atoms with E-state index >= 15 is 0 Å². The number of anilines is 1. The molecule has 0 radical (unpaired) electrons. The molecular weight excluding hydrogens is 244 g/mol. The molecule has 19 heavy (non-hydrogen) atoms. The van der Waals surface area contributed by atoms with Crippen LogP contribution >= 0.6 is 0 Å². The zero-order chi connectivity index (χ0) is 13.6. The molecule has 1 aliphatic rings. The lowest BCUT2D eigenvalue weighted by molar-refractivity contribution is -0.115. The van der Waals surface area contributed by atoms with Crippen LogP contribution in [0.3, 0.4) is 0 Å². The van der Waals surface area contributed by atoms with Gasteiger partial charge in [0, 0.05) is 5.56 Å². The Balaban J connectivity index is 2.23. The summed E-state index contributed by atoms with van der Waals surface area (Å²) in [6, 6.07) is 2.02. The van der Waals surface area contributed by atoms with E-state index in [-0.39, 0.29) is 12.5 Å². The highest BCUT2D eigenvalue weighted by molar-refractivity contribution is 6.04. The number of aryl methyl sites for hydroxylation is 1. The van der Waals surface area contributed by atoms with Crippen LogP contribution in [0.2, 0.25) is 0 Å². The number of nitrogens with one attached hydrogen (secondary N) is 1. The number of nitrogens with two attached hydrogens (primary N) is 1. The van der Waals surface area contributed by atoms with Gasteiger partial charge in [-0.2, -0.15) is 4.98 Å². The molecule has 3 rings (SSSR count). The second-order valence-corrected chi connectivity index (χ2v) is 4.67. The Morgan fingerprint density at radius 2 is 2.26 bits per heavy atom. The fourth-order valence-corrected chi connectivity index (χ4v) is 2.34. The van der Waals surface area contributed by atoms with Gasteiger partial charge in [0.15, 0.2) is 0 Å². The van der Waals surface area contributed by atoms with Crippen molar-refractivity contribution in [1.29, 1.82) is 0 Å². The molecule has 1 aromatic heterocycles. The number of carbonyl (C=O) groups is 1. The van der Waals surface area contributed by atoms with Crippen LogP contribution in [-0.4, -0.2) is 16.0 Å². The first kappa shape index (κ1) is 11.9. The molecule has 1 aliphatic heterocycles. The molecule has 0 atom stereocenters. The number of benzene rings is 1. The van der Waals surface area contributed by atoms with Crippen molar-refractivity contribution in [2.45, 2.75) is 26.8 Å². The minimum absolute atomic E-state index is 0.0104. The van der Waals surface area contributed by atoms with Gasteiger partial charge in [-0.25, -0.2) is 0 Å². The van der Waals surface area contributed by atoms with Gasteiger partial charge in [-0.1, -0.05) is 11.2 Å². The smallest absolute Gasteiger partial charge is 0.240 e. The number of aromatic nitrogens is 2. The number of nitrogens with zero attached hydrogens (tertiary/aromatic N) is 2. The van der Waals surface area contributed by atoms with E-state index in [9.17, 15) is 4.79 Å². The highest BCUT2D eigenvalue weighted by Crippen LogP contribution is 2.37. The van der Waals surface area contributed by atoms with Gasteiger partial charge in [0.25, 0.3) is 0 Å². The summed E-state index contributed by atoms with van der Waals surface area (Å²) in [5.41, 5.74) is 10.2. The number of rotatable bonds is 2. The zero-order valence-corrected chi connectivity index (χ0v) is 10.8. The molecule has 98 valence electrons. The largest absolute Gasteiger partial charge is 0.338 e. The van der Waals surface area contributed by atoms with Crippen LogP contribution in [0.5, 0.6) is 0 Å². The molecule has 0 bridgehead atoms. The van der Waals surface area contributed by atoms with Crippen LogP contribution < -0.4 is 11.1 Å². The predicted molar refractivity (Wildman–Crippen MR) is 69.4 cm³/mol. The highest BCUT2D eigenvalue weighted by Gasteiger charge is 2.26. The lowest BCUT2D eigenvalue weighted by Crippen LogP contribution is -2.05. The van der Waals surface area contributed by atoms with E-state index in [0.717, 1.165) is 27.9 Å². The average molecular weight is 258 g/mol. The number of carbonyl (C=O) groups excluding carboxylic acids is 1. The van der Waals surface area contributed by atoms with E-state index in [1.54, 1.807) is 0 Å². The van der Waals surface area contributed by atoms with Crippen molar-refractivity contribution >= 4 is 11.6 Å². The van der Waals surface area contributed by atoms with Crippen LogP contribution in [0, 0.1) is 13.8 Å². The van der Waals surface area contributed by atoms with Crippen LogP contribution in [0.4, 0.5) is 5.69 Å². The van der Waals surface area contributed by atoms with Gasteiger partial charge in [0.1, 0.15) is 0 Å². The maximum absolute atomic E-state index is 11.6. The van der Waals surface area contributed by atoms with E-state index in [2.05, 4.69) is 15.5 Å². The molecule has 2 heterocycles. The van der Waals surface area contributed by atoms with Crippen molar-refractivity contribution < 1.29 is 9.32 Å². The first-order valence-electron chi connectivity index (χ1n) is 6.06. The molecule has 1 amide bonds. The predicted octanol–water partition coefficient (Wildman–Crippen LogP) is 1.31. The summed E-state index contributed by atoms with van der Waals surface area (Å²) in [7, 11) is 0. The Kier molecular flexibility index (Phi) is 2.60. The molecule has 0 unspecified atom stereocenters. The second-order valence-electron chi connectivity index (χ2n) is 4.67. The van der Waals surface area contributed by atoms with Crippen LogP contribution in [0.1, 0.15) is 22.6 Å². The minimum atomic E-state index is -0.0104. The standard InChI is InChI=1S/C13H14N4O2/c1-6-3-8-4-9(18)15-12(8)11(7(6)2)13-16-10(5-14)19-17-13/h3H,4-5,14H2,1-2H3,(H,15,18). The zero-order valence-electron chi connectivity index (χ0n) is 10.8. The molecule has 0 saturated carbocycles. The highest BCUT2D eigenvalue weighted by atomic mass is 16.5. The summed E-state index contributed by atoms with van der Waals surface area (Å²) in [5.74, 6) is 0.845. The lowest BCUT2D eigenvalue weighted by atomic mass is 9.97. The molecule has 6 nitrogen and oxygen atoms in total. The molecule has 0 spiro atoms. The Hall–Kier alpha value is -2.21. The fraction of sp³-hybridized carbons (Fsp3) is 0.308. The molecule has 0 aliphatic carbocycles. The lowest BCUT2D eigenvalue weighted by Gasteiger charge is -2.11. The summed E-state index contributed by atoms with van der Waals surface area (Å²) in [4.78, 5) is 15.8. The molecule has 3 N–H and O–H groups in total. The Morgan fingerprint density at radius 3 is 2.95 bits per heavy atom. The van der Waals surface area contributed by atoms with Crippen molar-refractivity contribution in [1.82, 2.24) is 10.1 Å². The van der Waals surface area contributed by atoms with Crippen molar-refractivity contribution in [3.8, 4) is 11.4 Å². The summed E-state index contributed by atoms with van der Waals surface area (Å²) in [5, 5.41) is 6.81. The third-order valence-corrected chi connectivity index (χ3v) is 3.41. The van der Waals surface area contributed by atoms with Gasteiger partial charge >= 0.3 is 0 Å². The molecular formula is C13H14N4O2. The molecule has 6 heteroatoms.